The van der Waals surface area contributed by atoms with E-state index in [0.29, 0.717) is 25.7 Å². The molecule has 0 saturated heterocycles. The molecule has 6 nitrogen and oxygen atoms in total. The number of rotatable bonds is 17. The minimum absolute atomic E-state index is 0.149. The van der Waals surface area contributed by atoms with Gasteiger partial charge in [0.1, 0.15) is 0 Å². The van der Waals surface area contributed by atoms with Gasteiger partial charge in [0.25, 0.3) is 0 Å². The molecule has 0 bridgehead atoms. The van der Waals surface area contributed by atoms with Gasteiger partial charge in [-0.3, -0.25) is 14.4 Å². The van der Waals surface area contributed by atoms with Crippen molar-refractivity contribution in [2.45, 2.75) is 111 Å². The first kappa shape index (κ1) is 27.6. The molecular weight excluding hydrogens is 394 g/mol. The molecule has 0 aromatic carbocycles. The van der Waals surface area contributed by atoms with Gasteiger partial charge in [0.05, 0.1) is 17.9 Å². The molecule has 1 fully saturated rings. The standard InChI is InChI=1S/C25H45NO5/c1-4-7-9-10-13-19(6-3)17-20(22(28)29)25(23(30)31)16-12-15-24(25,21(27)18-26)14-11-8-5-2/h19-20H,4-18,26H2,1-3H3,(H,28,29)(H,30,31). The first-order valence-electron chi connectivity index (χ1n) is 12.5. The molecule has 1 aliphatic carbocycles. The average molecular weight is 440 g/mol. The maximum atomic E-state index is 13.2. The van der Waals surface area contributed by atoms with Gasteiger partial charge < -0.3 is 15.9 Å². The highest BCUT2D eigenvalue weighted by atomic mass is 16.4. The van der Waals surface area contributed by atoms with Crippen LogP contribution in [0.4, 0.5) is 0 Å². The Morgan fingerprint density at radius 1 is 0.935 bits per heavy atom. The molecule has 4 unspecified atom stereocenters. The Labute approximate surface area is 188 Å². The lowest BCUT2D eigenvalue weighted by Crippen LogP contribution is -2.57. The largest absolute Gasteiger partial charge is 0.481 e. The molecule has 1 saturated carbocycles. The monoisotopic (exact) mass is 439 g/mol. The molecule has 0 amide bonds. The van der Waals surface area contributed by atoms with E-state index >= 15 is 0 Å². The van der Waals surface area contributed by atoms with Crippen molar-refractivity contribution in [1.82, 2.24) is 0 Å². The summed E-state index contributed by atoms with van der Waals surface area (Å²) in [7, 11) is 0. The number of aliphatic carboxylic acids is 2. The molecule has 4 atom stereocenters. The van der Waals surface area contributed by atoms with E-state index in [9.17, 15) is 24.6 Å². The zero-order valence-electron chi connectivity index (χ0n) is 20.0. The van der Waals surface area contributed by atoms with Crippen LogP contribution in [0.1, 0.15) is 111 Å². The van der Waals surface area contributed by atoms with Crippen molar-refractivity contribution in [3.63, 3.8) is 0 Å². The van der Waals surface area contributed by atoms with Crippen LogP contribution in [0.2, 0.25) is 0 Å². The second kappa shape index (κ2) is 13.2. The third-order valence-electron chi connectivity index (χ3n) is 7.84. The van der Waals surface area contributed by atoms with E-state index in [-0.39, 0.29) is 24.7 Å². The zero-order valence-corrected chi connectivity index (χ0v) is 20.0. The maximum Gasteiger partial charge on any atom is 0.311 e. The molecule has 180 valence electrons. The lowest BCUT2D eigenvalue weighted by Gasteiger charge is -2.46. The summed E-state index contributed by atoms with van der Waals surface area (Å²) < 4.78 is 0. The quantitative estimate of drug-likeness (QED) is 0.260. The van der Waals surface area contributed by atoms with Crippen molar-refractivity contribution >= 4 is 17.7 Å². The molecular formula is C25H45NO5. The Hall–Kier alpha value is -1.43. The van der Waals surface area contributed by atoms with Gasteiger partial charge in [0.2, 0.25) is 0 Å². The van der Waals surface area contributed by atoms with Crippen LogP contribution in [-0.4, -0.2) is 34.5 Å². The third kappa shape index (κ3) is 6.09. The molecule has 0 aliphatic heterocycles. The molecule has 0 spiro atoms. The highest BCUT2D eigenvalue weighted by Gasteiger charge is 2.67. The van der Waals surface area contributed by atoms with E-state index in [1.165, 1.54) is 0 Å². The second-order valence-corrected chi connectivity index (χ2v) is 9.55. The summed E-state index contributed by atoms with van der Waals surface area (Å²) in [5.74, 6) is -3.40. The summed E-state index contributed by atoms with van der Waals surface area (Å²) >= 11 is 0. The van der Waals surface area contributed by atoms with E-state index in [0.717, 1.165) is 57.8 Å². The summed E-state index contributed by atoms with van der Waals surface area (Å²) in [6.07, 6.45) is 10.7. The van der Waals surface area contributed by atoms with Crippen LogP contribution < -0.4 is 5.73 Å². The topological polar surface area (TPSA) is 118 Å². The number of unbranched alkanes of at least 4 members (excludes halogenated alkanes) is 5. The number of carbonyl (C=O) groups is 3. The Balaban J connectivity index is 3.35. The Morgan fingerprint density at radius 3 is 2.10 bits per heavy atom. The van der Waals surface area contributed by atoms with Crippen molar-refractivity contribution in [3.8, 4) is 0 Å². The first-order valence-corrected chi connectivity index (χ1v) is 12.5. The number of nitrogens with two attached hydrogens (primary N) is 1. The van der Waals surface area contributed by atoms with Crippen molar-refractivity contribution in [2.24, 2.45) is 28.4 Å². The summed E-state index contributed by atoms with van der Waals surface area (Å²) in [6, 6.07) is 0. The fourth-order valence-electron chi connectivity index (χ4n) is 6.04. The van der Waals surface area contributed by atoms with Crippen LogP contribution in [0, 0.1) is 22.7 Å². The summed E-state index contributed by atoms with van der Waals surface area (Å²) in [4.78, 5) is 38.6. The van der Waals surface area contributed by atoms with Crippen molar-refractivity contribution in [1.29, 1.82) is 0 Å². The van der Waals surface area contributed by atoms with Crippen LogP contribution in [-0.2, 0) is 14.4 Å². The fourth-order valence-corrected chi connectivity index (χ4v) is 6.04. The van der Waals surface area contributed by atoms with Gasteiger partial charge in [-0.05, 0) is 31.6 Å². The first-order chi connectivity index (χ1) is 14.8. The highest BCUT2D eigenvalue weighted by Crippen LogP contribution is 2.61. The summed E-state index contributed by atoms with van der Waals surface area (Å²) in [6.45, 7) is 6.02. The van der Waals surface area contributed by atoms with Crippen LogP contribution in [0.5, 0.6) is 0 Å². The normalized spacial score (nSPS) is 25.3. The lowest BCUT2D eigenvalue weighted by atomic mass is 9.54. The number of hydrogen-bond donors (Lipinski definition) is 3. The number of ketones is 1. The van der Waals surface area contributed by atoms with Gasteiger partial charge in [-0.25, -0.2) is 0 Å². The second-order valence-electron chi connectivity index (χ2n) is 9.55. The fraction of sp³-hybridized carbons (Fsp3) is 0.880. The van der Waals surface area contributed by atoms with Gasteiger partial charge >= 0.3 is 11.9 Å². The van der Waals surface area contributed by atoms with Gasteiger partial charge in [-0.2, -0.15) is 0 Å². The van der Waals surface area contributed by atoms with E-state index in [1.807, 2.05) is 6.92 Å². The molecule has 0 aromatic rings. The average Bonchev–Trinajstić information content (AvgIpc) is 3.13. The number of Topliss-reactive ketones (excluding diaryl/α,β-unsaturated/α-hetero) is 1. The van der Waals surface area contributed by atoms with E-state index in [1.54, 1.807) is 0 Å². The van der Waals surface area contributed by atoms with Gasteiger partial charge in [0.15, 0.2) is 5.78 Å². The third-order valence-corrected chi connectivity index (χ3v) is 7.84. The molecule has 4 N–H and O–H groups in total. The molecule has 0 radical (unpaired) electrons. The van der Waals surface area contributed by atoms with E-state index < -0.39 is 28.7 Å². The van der Waals surface area contributed by atoms with Crippen LogP contribution in [0.25, 0.3) is 0 Å². The van der Waals surface area contributed by atoms with Crippen LogP contribution >= 0.6 is 0 Å². The molecule has 1 rings (SSSR count). The number of carboxylic acid groups (broad SMARTS) is 2. The lowest BCUT2D eigenvalue weighted by molar-refractivity contribution is -0.177. The van der Waals surface area contributed by atoms with Crippen LogP contribution in [0.3, 0.4) is 0 Å². The van der Waals surface area contributed by atoms with Crippen LogP contribution in [0.15, 0.2) is 0 Å². The van der Waals surface area contributed by atoms with Gasteiger partial charge in [-0.15, -0.1) is 0 Å². The number of hydrogen-bond acceptors (Lipinski definition) is 4. The predicted octanol–water partition coefficient (Wildman–Crippen LogP) is 5.42. The Bertz CT molecular complexity index is 592. The molecule has 6 heteroatoms. The maximum absolute atomic E-state index is 13.2. The smallest absolute Gasteiger partial charge is 0.311 e. The zero-order chi connectivity index (χ0) is 23.5. The van der Waals surface area contributed by atoms with Crippen molar-refractivity contribution < 1.29 is 24.6 Å². The van der Waals surface area contributed by atoms with Gasteiger partial charge in [0, 0.05) is 5.41 Å². The Kier molecular flexibility index (Phi) is 11.7. The molecule has 0 aromatic heterocycles. The van der Waals surface area contributed by atoms with E-state index in [4.69, 9.17) is 5.73 Å². The highest BCUT2D eigenvalue weighted by molar-refractivity contribution is 5.96. The van der Waals surface area contributed by atoms with E-state index in [2.05, 4.69) is 13.8 Å². The SMILES string of the molecule is CCCCCCC(CC)CC(C(=O)O)C1(C(=O)O)CCCC1(CCCCC)C(=O)CN. The minimum atomic E-state index is -1.57. The minimum Gasteiger partial charge on any atom is -0.481 e. The van der Waals surface area contributed by atoms with Gasteiger partial charge in [-0.1, -0.05) is 85.0 Å². The summed E-state index contributed by atoms with van der Waals surface area (Å²) in [5.41, 5.74) is 3.03. The molecule has 31 heavy (non-hydrogen) atoms. The predicted molar refractivity (Wildman–Crippen MR) is 123 cm³/mol. The molecule has 1 aliphatic rings. The van der Waals surface area contributed by atoms with Crippen molar-refractivity contribution in [2.75, 3.05) is 6.54 Å². The Morgan fingerprint density at radius 2 is 1.58 bits per heavy atom. The number of carboxylic acids is 2. The molecule has 0 heterocycles. The number of carbonyl (C=O) groups excluding carboxylic acids is 1. The van der Waals surface area contributed by atoms with Crippen molar-refractivity contribution in [3.05, 3.63) is 0 Å². The summed E-state index contributed by atoms with van der Waals surface area (Å²) in [5, 5.41) is 20.7.